The van der Waals surface area contributed by atoms with E-state index in [4.69, 9.17) is 4.74 Å². The Kier molecular flexibility index (Phi) is 2.90. The third kappa shape index (κ3) is 1.83. The van der Waals surface area contributed by atoms with Crippen LogP contribution in [0.25, 0.3) is 0 Å². The molecular weight excluding hydrogens is 234 g/mol. The molecule has 2 rings (SSSR count). The summed E-state index contributed by atoms with van der Waals surface area (Å²) in [5, 5.41) is 10.5. The summed E-state index contributed by atoms with van der Waals surface area (Å²) in [6.45, 7) is 0.557. The number of hydrogen-bond donors (Lipinski definition) is 1. The first-order chi connectivity index (χ1) is 7.85. The van der Waals surface area contributed by atoms with E-state index in [9.17, 15) is 18.7 Å². The van der Waals surface area contributed by atoms with Crippen LogP contribution in [0.3, 0.4) is 0 Å². The number of ether oxygens (including phenoxy) is 2. The highest BCUT2D eigenvalue weighted by atomic mass is 19.3. The Labute approximate surface area is 97.9 Å². The van der Waals surface area contributed by atoms with Gasteiger partial charge in [0.1, 0.15) is 5.41 Å². The van der Waals surface area contributed by atoms with E-state index in [1.54, 1.807) is 0 Å². The molecule has 0 atom stereocenters. The largest absolute Gasteiger partial charge is 0.469 e. The van der Waals surface area contributed by atoms with Crippen LogP contribution in [0.15, 0.2) is 0 Å². The minimum Gasteiger partial charge on any atom is -0.469 e. The molecule has 98 valence electrons. The zero-order chi connectivity index (χ0) is 12.7. The van der Waals surface area contributed by atoms with Gasteiger partial charge in [0.25, 0.3) is 5.92 Å². The van der Waals surface area contributed by atoms with Crippen LogP contribution in [0.4, 0.5) is 8.78 Å². The van der Waals surface area contributed by atoms with Gasteiger partial charge in [0.05, 0.1) is 12.7 Å². The van der Waals surface area contributed by atoms with Crippen LogP contribution >= 0.6 is 0 Å². The number of halogens is 2. The second kappa shape index (κ2) is 3.88. The summed E-state index contributed by atoms with van der Waals surface area (Å²) in [6, 6.07) is 0. The highest BCUT2D eigenvalue weighted by Crippen LogP contribution is 2.60. The van der Waals surface area contributed by atoms with Gasteiger partial charge in [-0.15, -0.1) is 0 Å². The van der Waals surface area contributed by atoms with Crippen molar-refractivity contribution >= 4 is 5.97 Å². The first kappa shape index (κ1) is 12.7. The van der Waals surface area contributed by atoms with Crippen molar-refractivity contribution < 1.29 is 28.2 Å². The summed E-state index contributed by atoms with van der Waals surface area (Å²) >= 11 is 0. The standard InChI is InChI=1S/C11H16F2O4/c1-16-8(14)9(6-11(12,13)7-9)10(15)2-4-17-5-3-10/h15H,2-7H2,1H3. The van der Waals surface area contributed by atoms with Gasteiger partial charge in [-0.2, -0.15) is 0 Å². The highest BCUT2D eigenvalue weighted by molar-refractivity contribution is 5.80. The van der Waals surface area contributed by atoms with E-state index in [-0.39, 0.29) is 26.1 Å². The summed E-state index contributed by atoms with van der Waals surface area (Å²) < 4.78 is 35.9. The Balaban J connectivity index is 2.25. The number of aliphatic hydroxyl groups is 1. The number of hydrogen-bond acceptors (Lipinski definition) is 4. The Hall–Kier alpha value is -0.750. The number of rotatable bonds is 2. The van der Waals surface area contributed by atoms with E-state index < -0.39 is 35.7 Å². The van der Waals surface area contributed by atoms with Crippen molar-refractivity contribution in [2.75, 3.05) is 20.3 Å². The van der Waals surface area contributed by atoms with Gasteiger partial charge in [-0.05, 0) is 0 Å². The molecule has 17 heavy (non-hydrogen) atoms. The molecule has 1 aliphatic carbocycles. The zero-order valence-corrected chi connectivity index (χ0v) is 9.67. The normalized spacial score (nSPS) is 29.2. The predicted molar refractivity (Wildman–Crippen MR) is 53.6 cm³/mol. The molecule has 1 saturated carbocycles. The third-order valence-electron chi connectivity index (χ3n) is 3.91. The van der Waals surface area contributed by atoms with Crippen molar-refractivity contribution in [2.45, 2.75) is 37.2 Å². The first-order valence-electron chi connectivity index (χ1n) is 5.62. The van der Waals surface area contributed by atoms with Gasteiger partial charge in [0, 0.05) is 38.9 Å². The van der Waals surface area contributed by atoms with Gasteiger partial charge in [0.2, 0.25) is 0 Å². The molecular formula is C11H16F2O4. The Bertz CT molecular complexity index is 315. The SMILES string of the molecule is COC(=O)C1(C2(O)CCOCC2)CC(F)(F)C1. The molecule has 6 heteroatoms. The monoisotopic (exact) mass is 250 g/mol. The van der Waals surface area contributed by atoms with Crippen LogP contribution in [-0.4, -0.2) is 42.9 Å². The van der Waals surface area contributed by atoms with Crippen molar-refractivity contribution in [1.29, 1.82) is 0 Å². The summed E-state index contributed by atoms with van der Waals surface area (Å²) in [5.41, 5.74) is -2.89. The van der Waals surface area contributed by atoms with Gasteiger partial charge in [-0.1, -0.05) is 0 Å². The van der Waals surface area contributed by atoms with E-state index in [1.165, 1.54) is 0 Å². The zero-order valence-electron chi connectivity index (χ0n) is 9.67. The van der Waals surface area contributed by atoms with Crippen LogP contribution < -0.4 is 0 Å². The average molecular weight is 250 g/mol. The molecule has 0 aromatic rings. The molecule has 0 radical (unpaired) electrons. The molecule has 0 spiro atoms. The highest BCUT2D eigenvalue weighted by Gasteiger charge is 2.70. The third-order valence-corrected chi connectivity index (χ3v) is 3.91. The maximum Gasteiger partial charge on any atom is 0.315 e. The minimum absolute atomic E-state index is 0.193. The predicted octanol–water partition coefficient (Wildman–Crippen LogP) is 1.12. The van der Waals surface area contributed by atoms with Gasteiger partial charge in [-0.3, -0.25) is 4.79 Å². The van der Waals surface area contributed by atoms with Crippen LogP contribution in [0.5, 0.6) is 0 Å². The Morgan fingerprint density at radius 2 is 1.82 bits per heavy atom. The van der Waals surface area contributed by atoms with Crippen molar-refractivity contribution in [2.24, 2.45) is 5.41 Å². The van der Waals surface area contributed by atoms with Crippen LogP contribution in [0.2, 0.25) is 0 Å². The molecule has 0 aromatic heterocycles. The van der Waals surface area contributed by atoms with Crippen LogP contribution in [0.1, 0.15) is 25.7 Å². The minimum atomic E-state index is -2.89. The smallest absolute Gasteiger partial charge is 0.315 e. The lowest BCUT2D eigenvalue weighted by atomic mass is 9.54. The molecule has 1 N–H and O–H groups in total. The summed E-state index contributed by atoms with van der Waals surface area (Å²) in [7, 11) is 1.16. The lowest BCUT2D eigenvalue weighted by Gasteiger charge is -2.54. The van der Waals surface area contributed by atoms with Gasteiger partial charge >= 0.3 is 5.97 Å². The second-order valence-corrected chi connectivity index (χ2v) is 4.93. The molecule has 0 amide bonds. The molecule has 0 unspecified atom stereocenters. The molecule has 1 aliphatic heterocycles. The van der Waals surface area contributed by atoms with E-state index in [0.29, 0.717) is 0 Å². The first-order valence-corrected chi connectivity index (χ1v) is 5.62. The average Bonchev–Trinajstić information content (AvgIpc) is 2.25. The number of alkyl halides is 2. The molecule has 4 nitrogen and oxygen atoms in total. The quantitative estimate of drug-likeness (QED) is 0.746. The van der Waals surface area contributed by atoms with E-state index in [0.717, 1.165) is 7.11 Å². The topological polar surface area (TPSA) is 55.8 Å². The Morgan fingerprint density at radius 1 is 1.29 bits per heavy atom. The molecule has 1 heterocycles. The fraction of sp³-hybridized carbons (Fsp3) is 0.909. The second-order valence-electron chi connectivity index (χ2n) is 4.93. The lowest BCUT2D eigenvalue weighted by molar-refractivity contribution is -0.259. The number of carbonyl (C=O) groups is 1. The number of carbonyl (C=O) groups excluding carboxylic acids is 1. The van der Waals surface area contributed by atoms with E-state index >= 15 is 0 Å². The fourth-order valence-electron chi connectivity index (χ4n) is 2.88. The maximum absolute atomic E-state index is 13.1. The lowest BCUT2D eigenvalue weighted by Crippen LogP contribution is -2.65. The molecule has 2 fully saturated rings. The van der Waals surface area contributed by atoms with E-state index in [2.05, 4.69) is 4.74 Å². The molecule has 0 bridgehead atoms. The number of methoxy groups -OCH3 is 1. The summed E-state index contributed by atoms with van der Waals surface area (Å²) in [6.07, 6.45) is -0.886. The fourth-order valence-corrected chi connectivity index (χ4v) is 2.88. The van der Waals surface area contributed by atoms with Crippen molar-refractivity contribution in [3.05, 3.63) is 0 Å². The van der Waals surface area contributed by atoms with Crippen LogP contribution in [-0.2, 0) is 14.3 Å². The van der Waals surface area contributed by atoms with Gasteiger partial charge in [0.15, 0.2) is 0 Å². The number of esters is 1. The molecule has 1 saturated heterocycles. The Morgan fingerprint density at radius 3 is 2.24 bits per heavy atom. The molecule has 0 aromatic carbocycles. The van der Waals surface area contributed by atoms with Crippen molar-refractivity contribution in [3.8, 4) is 0 Å². The van der Waals surface area contributed by atoms with Gasteiger partial charge < -0.3 is 14.6 Å². The maximum atomic E-state index is 13.1. The summed E-state index contributed by atoms with van der Waals surface area (Å²) in [4.78, 5) is 11.8. The van der Waals surface area contributed by atoms with Crippen molar-refractivity contribution in [3.63, 3.8) is 0 Å². The van der Waals surface area contributed by atoms with Crippen LogP contribution in [0, 0.1) is 5.41 Å². The molecule has 2 aliphatic rings. The van der Waals surface area contributed by atoms with Crippen molar-refractivity contribution in [1.82, 2.24) is 0 Å². The summed E-state index contributed by atoms with van der Waals surface area (Å²) in [5.74, 6) is -3.63. The van der Waals surface area contributed by atoms with Gasteiger partial charge in [-0.25, -0.2) is 8.78 Å². The van der Waals surface area contributed by atoms with E-state index in [1.807, 2.05) is 0 Å².